The summed E-state index contributed by atoms with van der Waals surface area (Å²) in [5.41, 5.74) is 4.68. The van der Waals surface area contributed by atoms with Gasteiger partial charge < -0.3 is 28.8 Å². The molecule has 0 bridgehead atoms. The predicted octanol–water partition coefficient (Wildman–Crippen LogP) is 8.58. The monoisotopic (exact) mass is 918 g/mol. The van der Waals surface area contributed by atoms with Gasteiger partial charge in [0.15, 0.2) is 0 Å². The molecule has 1 aliphatic carbocycles. The lowest BCUT2D eigenvalue weighted by Crippen LogP contribution is -2.47. The number of anilines is 1. The lowest BCUT2D eigenvalue weighted by Gasteiger charge is -2.39. The number of H-pyrrole nitrogens is 1. The average Bonchev–Trinajstić information content (AvgIpc) is 3.73. The van der Waals surface area contributed by atoms with Gasteiger partial charge in [-0.05, 0) is 79.1 Å². The molecule has 2 N–H and O–H groups in total. The molecule has 3 aromatic carbocycles. The Kier molecular flexibility index (Phi) is 13.0. The normalized spacial score (nSPS) is 18.4. The number of nitrogens with one attached hydrogen (secondary N) is 2. The van der Waals surface area contributed by atoms with Crippen LogP contribution >= 0.6 is 23.2 Å². The van der Waals surface area contributed by atoms with Crippen molar-refractivity contribution in [2.24, 2.45) is 5.41 Å². The molecular weight excluding hydrogens is 872 g/mol. The van der Waals surface area contributed by atoms with E-state index in [-0.39, 0.29) is 51.4 Å². The molecule has 8 rings (SSSR count). The smallest absolute Gasteiger partial charge is 0.312 e. The molecule has 18 heteroatoms. The number of hydrogen-bond acceptors (Lipinski definition) is 12. The first-order chi connectivity index (χ1) is 30.1. The van der Waals surface area contributed by atoms with Crippen LogP contribution in [0.4, 0.5) is 11.4 Å². The lowest BCUT2D eigenvalue weighted by atomic mass is 9.72. The summed E-state index contributed by atoms with van der Waals surface area (Å²) in [6.45, 7) is 10.8. The van der Waals surface area contributed by atoms with E-state index in [0.29, 0.717) is 37.0 Å². The Morgan fingerprint density at radius 3 is 2.57 bits per heavy atom. The number of nitro groups is 1. The summed E-state index contributed by atoms with van der Waals surface area (Å²) < 4.78 is 53.4. The van der Waals surface area contributed by atoms with Crippen molar-refractivity contribution in [2.75, 3.05) is 64.1 Å². The highest BCUT2D eigenvalue weighted by Crippen LogP contribution is 2.44. The summed E-state index contributed by atoms with van der Waals surface area (Å²) in [6.07, 6.45) is 5.87. The van der Waals surface area contributed by atoms with E-state index in [1.807, 2.05) is 18.2 Å². The predicted molar refractivity (Wildman–Crippen MR) is 241 cm³/mol. The van der Waals surface area contributed by atoms with Crippen LogP contribution in [-0.2, 0) is 19.5 Å². The van der Waals surface area contributed by atoms with Gasteiger partial charge in [0.25, 0.3) is 15.9 Å². The summed E-state index contributed by atoms with van der Waals surface area (Å²) in [5.74, 6) is -1.14. The van der Waals surface area contributed by atoms with Crippen LogP contribution in [0.3, 0.4) is 0 Å². The maximum atomic E-state index is 14.2. The van der Waals surface area contributed by atoms with Crippen LogP contribution in [0.2, 0.25) is 10.0 Å². The molecule has 63 heavy (non-hydrogen) atoms. The zero-order valence-corrected chi connectivity index (χ0v) is 37.4. The van der Waals surface area contributed by atoms with Crippen molar-refractivity contribution in [1.82, 2.24) is 19.6 Å². The van der Waals surface area contributed by atoms with Crippen molar-refractivity contribution < 1.29 is 37.1 Å². The molecule has 1 atom stereocenters. The van der Waals surface area contributed by atoms with Crippen LogP contribution in [0.5, 0.6) is 17.2 Å². The van der Waals surface area contributed by atoms with E-state index < -0.39 is 38.2 Å². The van der Waals surface area contributed by atoms with E-state index in [9.17, 15) is 23.3 Å². The maximum Gasteiger partial charge on any atom is 0.312 e. The van der Waals surface area contributed by atoms with Gasteiger partial charge >= 0.3 is 5.69 Å². The Morgan fingerprint density at radius 2 is 1.84 bits per heavy atom. The fourth-order valence-corrected chi connectivity index (χ4v) is 9.71. The molecule has 1 unspecified atom stereocenters. The maximum absolute atomic E-state index is 14.2. The molecule has 2 aromatic heterocycles. The third kappa shape index (κ3) is 10.1. The zero-order valence-electron chi connectivity index (χ0n) is 35.1. The van der Waals surface area contributed by atoms with E-state index in [4.69, 9.17) is 42.1 Å². The lowest BCUT2D eigenvalue weighted by molar-refractivity contribution is -0.386. The highest BCUT2D eigenvalue weighted by molar-refractivity contribution is 7.90. The van der Waals surface area contributed by atoms with Crippen LogP contribution in [0.25, 0.3) is 16.6 Å². The SMILES string of the molecule is Cc1c(Cl)c(C(=O)NS(=O)(=O)c2ccc(N3CCN(CC4=C(c5ccc(Cl)cc5)CC(C)(C)CC4)CC3)cc2Oc2cnc3[nH]ccc3c2)cc([N+](=O)[O-])c1OCC1COCCO1. The quantitative estimate of drug-likeness (QED) is 0.0851. The van der Waals surface area contributed by atoms with Gasteiger partial charge in [-0.3, -0.25) is 19.8 Å². The van der Waals surface area contributed by atoms with Gasteiger partial charge in [0, 0.05) is 72.7 Å². The number of amides is 1. The second kappa shape index (κ2) is 18.5. The summed E-state index contributed by atoms with van der Waals surface area (Å²) in [6, 6.07) is 17.2. The minimum atomic E-state index is -4.68. The van der Waals surface area contributed by atoms with Crippen molar-refractivity contribution in [2.45, 2.75) is 51.0 Å². The van der Waals surface area contributed by atoms with Crippen LogP contribution < -0.4 is 19.1 Å². The van der Waals surface area contributed by atoms with E-state index >= 15 is 0 Å². The topological polar surface area (TPSA) is 178 Å². The van der Waals surface area contributed by atoms with Gasteiger partial charge in [-0.1, -0.05) is 54.8 Å². The third-order valence-electron chi connectivity index (χ3n) is 11.7. The molecule has 1 amide bonds. The van der Waals surface area contributed by atoms with Crippen molar-refractivity contribution in [3.05, 3.63) is 115 Å². The Labute approximate surface area is 375 Å². The molecule has 0 spiro atoms. The van der Waals surface area contributed by atoms with Crippen LogP contribution in [0.1, 0.15) is 54.6 Å². The second-order valence-electron chi connectivity index (χ2n) is 16.8. The number of halogens is 2. The fraction of sp³-hybridized carbons (Fsp3) is 0.378. The first kappa shape index (κ1) is 44.4. The first-order valence-corrected chi connectivity index (χ1v) is 22.9. The number of rotatable bonds is 13. The van der Waals surface area contributed by atoms with E-state index in [0.717, 1.165) is 56.0 Å². The van der Waals surface area contributed by atoms with Crippen LogP contribution in [0, 0.1) is 22.5 Å². The van der Waals surface area contributed by atoms with E-state index in [1.165, 1.54) is 35.9 Å². The largest absolute Gasteiger partial charge is 0.484 e. The Morgan fingerprint density at radius 1 is 1.06 bits per heavy atom. The molecule has 2 fully saturated rings. The number of aromatic amines is 1. The van der Waals surface area contributed by atoms with Crippen molar-refractivity contribution in [3.8, 4) is 17.2 Å². The van der Waals surface area contributed by atoms with Crippen molar-refractivity contribution >= 4 is 67.1 Å². The molecule has 3 aliphatic rings. The minimum absolute atomic E-state index is 0.0552. The Hall–Kier alpha value is -5.23. The zero-order chi connectivity index (χ0) is 44.5. The van der Waals surface area contributed by atoms with Gasteiger partial charge in [-0.2, -0.15) is 0 Å². The van der Waals surface area contributed by atoms with Crippen molar-refractivity contribution in [1.29, 1.82) is 0 Å². The number of fused-ring (bicyclic) bond motifs is 1. The standard InChI is InChI=1S/C45H48Cl2N6O9S/c1-28-41(47)36(22-38(53(55)56)42(28)61-27-35-26-59-18-19-60-35)44(54)50-63(57,58)40-9-8-33(21-39(40)62-34-20-30-11-13-48-43(30)49-24-34)52-16-14-51(15-17-52)25-31-10-12-45(2,3)23-37(31)29-4-6-32(46)7-5-29/h4-9,11,13,20-22,24,35H,10,12,14-19,23,25-27H2,1-3H3,(H,48,49)(H,50,54). The molecule has 2 aliphatic heterocycles. The number of aromatic nitrogens is 2. The highest BCUT2D eigenvalue weighted by Gasteiger charge is 2.33. The van der Waals surface area contributed by atoms with E-state index in [2.05, 4.69) is 50.5 Å². The fourth-order valence-electron chi connectivity index (χ4n) is 8.28. The number of pyridine rings is 1. The van der Waals surface area contributed by atoms with E-state index in [1.54, 1.807) is 24.4 Å². The molecular formula is C45H48Cl2N6O9S. The van der Waals surface area contributed by atoms with Gasteiger partial charge in [0.05, 0.1) is 41.5 Å². The van der Waals surface area contributed by atoms with Gasteiger partial charge in [0.1, 0.15) is 34.8 Å². The number of benzene rings is 3. The number of nitro benzene ring substituents is 1. The number of hydrogen-bond donors (Lipinski definition) is 2. The third-order valence-corrected chi connectivity index (χ3v) is 13.8. The molecule has 332 valence electrons. The van der Waals surface area contributed by atoms with Crippen molar-refractivity contribution in [3.63, 3.8) is 0 Å². The summed E-state index contributed by atoms with van der Waals surface area (Å²) >= 11 is 12.8. The first-order valence-electron chi connectivity index (χ1n) is 20.7. The number of carbonyl (C=O) groups excluding carboxylic acids is 1. The molecule has 15 nitrogen and oxygen atoms in total. The van der Waals surface area contributed by atoms with Crippen LogP contribution in [0.15, 0.2) is 83.5 Å². The summed E-state index contributed by atoms with van der Waals surface area (Å²) in [4.78, 5) is 37.0. The average molecular weight is 920 g/mol. The summed E-state index contributed by atoms with van der Waals surface area (Å²) in [7, 11) is -4.68. The number of allylic oxidation sites excluding steroid dienone is 1. The Bertz CT molecular complexity index is 2680. The highest BCUT2D eigenvalue weighted by atomic mass is 35.5. The summed E-state index contributed by atoms with van der Waals surface area (Å²) in [5, 5.41) is 13.4. The number of ether oxygens (including phenoxy) is 4. The molecule has 2 saturated heterocycles. The molecule has 5 aromatic rings. The second-order valence-corrected chi connectivity index (χ2v) is 19.3. The number of piperazine rings is 1. The molecule has 4 heterocycles. The number of nitrogens with zero attached hydrogens (tertiary/aromatic N) is 4. The van der Waals surface area contributed by atoms with Gasteiger partial charge in [0.2, 0.25) is 5.75 Å². The van der Waals surface area contributed by atoms with Gasteiger partial charge in [-0.25, -0.2) is 18.1 Å². The molecule has 0 saturated carbocycles. The van der Waals surface area contributed by atoms with Gasteiger partial charge in [-0.15, -0.1) is 0 Å². The number of sulfonamides is 1. The Balaban J connectivity index is 1.03. The molecule has 0 radical (unpaired) electrons. The number of carbonyl (C=O) groups is 1. The van der Waals surface area contributed by atoms with Crippen LogP contribution in [-0.4, -0.2) is 99.4 Å². The minimum Gasteiger partial charge on any atom is -0.484 e.